The van der Waals surface area contributed by atoms with Gasteiger partial charge in [-0.2, -0.15) is 4.40 Å². The molecule has 1 N–H and O–H groups in total. The summed E-state index contributed by atoms with van der Waals surface area (Å²) in [5, 5.41) is 0. The number of pyridine rings is 1. The number of aromatic nitrogens is 2. The van der Waals surface area contributed by atoms with Crippen LogP contribution in [0.4, 0.5) is 0 Å². The topological polar surface area (TPSA) is 46.2 Å². The number of esters is 1. The summed E-state index contributed by atoms with van der Waals surface area (Å²) < 4.78 is 6.84. The van der Waals surface area contributed by atoms with Gasteiger partial charge in [-0.25, -0.2) is 4.98 Å². The molecule has 0 unspecified atom stereocenters. The van der Waals surface area contributed by atoms with Crippen molar-refractivity contribution >= 4 is 11.6 Å². The molecule has 0 aromatic carbocycles. The summed E-state index contributed by atoms with van der Waals surface area (Å²) in [4.78, 5) is 14.4. The first-order valence-electron chi connectivity index (χ1n) is 4.93. The maximum Gasteiger partial charge on any atom is 0.314 e. The third-order valence-corrected chi connectivity index (χ3v) is 2.19. The van der Waals surface area contributed by atoms with E-state index in [9.17, 15) is 4.79 Å². The SMILES string of the molecule is CCOC(=O)Cc1c[nH]c2cccc[n+]12. The quantitative estimate of drug-likeness (QED) is 0.596. The Bertz CT molecular complexity index is 476. The first-order chi connectivity index (χ1) is 7.31. The van der Waals surface area contributed by atoms with Crippen molar-refractivity contribution in [2.45, 2.75) is 13.3 Å². The Morgan fingerprint density at radius 2 is 2.40 bits per heavy atom. The number of hydrogen-bond acceptors (Lipinski definition) is 2. The molecule has 0 radical (unpaired) electrons. The van der Waals surface area contributed by atoms with Gasteiger partial charge in [0.25, 0.3) is 5.65 Å². The minimum atomic E-state index is -0.199. The second-order valence-corrected chi connectivity index (χ2v) is 3.22. The number of aromatic amines is 1. The van der Waals surface area contributed by atoms with Crippen LogP contribution in [0.1, 0.15) is 12.6 Å². The fourth-order valence-electron chi connectivity index (χ4n) is 1.53. The summed E-state index contributed by atoms with van der Waals surface area (Å²) in [5.41, 5.74) is 1.88. The Morgan fingerprint density at radius 3 is 3.20 bits per heavy atom. The number of nitrogens with zero attached hydrogens (tertiary/aromatic N) is 1. The minimum absolute atomic E-state index is 0.199. The van der Waals surface area contributed by atoms with Crippen LogP contribution >= 0.6 is 0 Å². The summed E-state index contributed by atoms with van der Waals surface area (Å²) in [6.45, 7) is 2.23. The van der Waals surface area contributed by atoms with Crippen LogP contribution in [0.3, 0.4) is 0 Å². The molecule has 2 heterocycles. The van der Waals surface area contributed by atoms with Gasteiger partial charge in [0.1, 0.15) is 12.6 Å². The van der Waals surface area contributed by atoms with Crippen molar-refractivity contribution in [2.24, 2.45) is 0 Å². The zero-order chi connectivity index (χ0) is 10.7. The van der Waals surface area contributed by atoms with Crippen LogP contribution < -0.4 is 4.40 Å². The van der Waals surface area contributed by atoms with E-state index in [1.807, 2.05) is 35.0 Å². The number of hydrogen-bond donors (Lipinski definition) is 1. The van der Waals surface area contributed by atoms with Crippen LogP contribution in [0, 0.1) is 0 Å². The molecule has 0 bridgehead atoms. The van der Waals surface area contributed by atoms with Gasteiger partial charge < -0.3 is 4.74 Å². The van der Waals surface area contributed by atoms with Crippen molar-refractivity contribution in [1.82, 2.24) is 4.98 Å². The maximum absolute atomic E-state index is 11.3. The predicted octanol–water partition coefficient (Wildman–Crippen LogP) is 0.859. The van der Waals surface area contributed by atoms with Crippen molar-refractivity contribution in [3.63, 3.8) is 0 Å². The largest absolute Gasteiger partial charge is 0.466 e. The fourth-order valence-corrected chi connectivity index (χ4v) is 1.53. The molecular weight excluding hydrogens is 192 g/mol. The molecule has 0 atom stereocenters. The molecule has 78 valence electrons. The average Bonchev–Trinajstić information content (AvgIpc) is 2.62. The monoisotopic (exact) mass is 205 g/mol. The zero-order valence-electron chi connectivity index (χ0n) is 8.56. The first-order valence-corrected chi connectivity index (χ1v) is 4.93. The van der Waals surface area contributed by atoms with Crippen LogP contribution in [0.15, 0.2) is 30.6 Å². The van der Waals surface area contributed by atoms with Gasteiger partial charge in [-0.1, -0.05) is 6.07 Å². The van der Waals surface area contributed by atoms with Crippen LogP contribution in [-0.4, -0.2) is 17.6 Å². The molecule has 4 nitrogen and oxygen atoms in total. The fraction of sp³-hybridized carbons (Fsp3) is 0.273. The minimum Gasteiger partial charge on any atom is -0.466 e. The van der Waals surface area contributed by atoms with Gasteiger partial charge in [0, 0.05) is 6.07 Å². The van der Waals surface area contributed by atoms with Crippen molar-refractivity contribution in [2.75, 3.05) is 6.61 Å². The van der Waals surface area contributed by atoms with Crippen LogP contribution in [0.5, 0.6) is 0 Å². The van der Waals surface area contributed by atoms with Crippen molar-refractivity contribution in [3.8, 4) is 0 Å². The second kappa shape index (κ2) is 4.13. The summed E-state index contributed by atoms with van der Waals surface area (Å²) in [6, 6.07) is 5.82. The predicted molar refractivity (Wildman–Crippen MR) is 54.3 cm³/mol. The average molecular weight is 205 g/mol. The number of imidazole rings is 1. The van der Waals surface area contributed by atoms with Crippen molar-refractivity contribution < 1.29 is 13.9 Å². The molecule has 4 heteroatoms. The van der Waals surface area contributed by atoms with E-state index in [0.717, 1.165) is 11.3 Å². The molecule has 0 saturated carbocycles. The molecule has 0 aliphatic heterocycles. The van der Waals surface area contributed by atoms with Crippen LogP contribution in [0.2, 0.25) is 0 Å². The van der Waals surface area contributed by atoms with Gasteiger partial charge in [0.2, 0.25) is 0 Å². The molecule has 0 fully saturated rings. The summed E-state index contributed by atoms with van der Waals surface area (Å²) in [5.74, 6) is -0.199. The molecule has 2 rings (SSSR count). The van der Waals surface area contributed by atoms with Crippen LogP contribution in [0.25, 0.3) is 5.65 Å². The molecule has 0 amide bonds. The highest BCUT2D eigenvalue weighted by molar-refractivity contribution is 5.71. The maximum atomic E-state index is 11.3. The van der Waals surface area contributed by atoms with E-state index in [1.165, 1.54) is 0 Å². The molecule has 15 heavy (non-hydrogen) atoms. The smallest absolute Gasteiger partial charge is 0.314 e. The zero-order valence-corrected chi connectivity index (χ0v) is 8.56. The van der Waals surface area contributed by atoms with Gasteiger partial charge in [0.05, 0.1) is 12.8 Å². The number of H-pyrrole nitrogens is 1. The normalized spacial score (nSPS) is 10.5. The lowest BCUT2D eigenvalue weighted by Crippen LogP contribution is -2.26. The highest BCUT2D eigenvalue weighted by atomic mass is 16.5. The summed E-state index contributed by atoms with van der Waals surface area (Å²) in [6.07, 6.45) is 4.04. The Kier molecular flexibility index (Phi) is 2.67. The van der Waals surface area contributed by atoms with Gasteiger partial charge in [-0.15, -0.1) is 0 Å². The molecular formula is C11H13N2O2+. The van der Waals surface area contributed by atoms with Gasteiger partial charge >= 0.3 is 5.97 Å². The Labute approximate surface area is 87.5 Å². The highest BCUT2D eigenvalue weighted by Gasteiger charge is 2.13. The molecule has 0 aliphatic rings. The number of nitrogens with one attached hydrogen (secondary N) is 1. The van der Waals surface area contributed by atoms with Gasteiger partial charge in [-0.3, -0.25) is 4.79 Å². The highest BCUT2D eigenvalue weighted by Crippen LogP contribution is 1.99. The van der Waals surface area contributed by atoms with E-state index in [0.29, 0.717) is 13.0 Å². The summed E-state index contributed by atoms with van der Waals surface area (Å²) >= 11 is 0. The summed E-state index contributed by atoms with van der Waals surface area (Å²) in [7, 11) is 0. The third-order valence-electron chi connectivity index (χ3n) is 2.19. The van der Waals surface area contributed by atoms with E-state index in [4.69, 9.17) is 4.74 Å². The number of rotatable bonds is 3. The van der Waals surface area contributed by atoms with Crippen molar-refractivity contribution in [1.29, 1.82) is 0 Å². The molecule has 2 aromatic heterocycles. The lowest BCUT2D eigenvalue weighted by Gasteiger charge is -1.97. The number of fused-ring (bicyclic) bond motifs is 1. The number of ether oxygens (including phenoxy) is 1. The molecule has 0 saturated heterocycles. The van der Waals surface area contributed by atoms with Crippen LogP contribution in [-0.2, 0) is 16.0 Å². The Hall–Kier alpha value is -1.84. The second-order valence-electron chi connectivity index (χ2n) is 3.22. The Balaban J connectivity index is 2.25. The lowest BCUT2D eigenvalue weighted by atomic mass is 10.3. The van der Waals surface area contributed by atoms with E-state index in [2.05, 4.69) is 4.98 Å². The standard InChI is InChI=1S/C11H12N2O2/c1-2-15-11(14)7-9-8-12-10-5-3-4-6-13(9)10/h3-6,8H,2,7H2,1H3/p+1. The van der Waals surface area contributed by atoms with Crippen molar-refractivity contribution in [3.05, 3.63) is 36.3 Å². The van der Waals surface area contributed by atoms with E-state index >= 15 is 0 Å². The third kappa shape index (κ3) is 1.98. The molecule has 0 aliphatic carbocycles. The van der Waals surface area contributed by atoms with Gasteiger partial charge in [-0.05, 0) is 13.0 Å². The first kappa shape index (κ1) is 9.71. The van der Waals surface area contributed by atoms with E-state index < -0.39 is 0 Å². The molecule has 2 aromatic rings. The van der Waals surface area contributed by atoms with Gasteiger partial charge in [0.15, 0.2) is 5.69 Å². The lowest BCUT2D eigenvalue weighted by molar-refractivity contribution is -0.519. The number of carbonyl (C=O) groups is 1. The Morgan fingerprint density at radius 1 is 1.53 bits per heavy atom. The van der Waals surface area contributed by atoms with E-state index in [1.54, 1.807) is 6.92 Å². The van der Waals surface area contributed by atoms with E-state index in [-0.39, 0.29) is 5.97 Å². The number of carbonyl (C=O) groups excluding carboxylic acids is 1. The molecule has 0 spiro atoms.